The number of carbonyl (C=O) groups excluding carboxylic acids is 1. The number of nitrogens with zero attached hydrogens (tertiary/aromatic N) is 3. The summed E-state index contributed by atoms with van der Waals surface area (Å²) in [5.41, 5.74) is 6.88. The minimum atomic E-state index is -0.457. The van der Waals surface area contributed by atoms with Crippen molar-refractivity contribution >= 4 is 11.9 Å². The van der Waals surface area contributed by atoms with E-state index in [4.69, 9.17) is 5.73 Å². The topological polar surface area (TPSA) is 119 Å². The Morgan fingerprint density at radius 2 is 2.14 bits per heavy atom. The zero-order valence-corrected chi connectivity index (χ0v) is 12.4. The van der Waals surface area contributed by atoms with Crippen molar-refractivity contribution in [3.05, 3.63) is 39.1 Å². The zero-order valence-electron chi connectivity index (χ0n) is 12.4. The van der Waals surface area contributed by atoms with Crippen molar-refractivity contribution in [2.45, 2.75) is 26.8 Å². The van der Waals surface area contributed by atoms with Crippen LogP contribution in [0.1, 0.15) is 40.4 Å². The molecule has 0 aliphatic heterocycles. The number of hydrogen-bond donors (Lipinski definition) is 3. The predicted molar refractivity (Wildman–Crippen MR) is 77.8 cm³/mol. The summed E-state index contributed by atoms with van der Waals surface area (Å²) < 4.78 is 1.46. The number of nitrogen functional groups attached to an aromatic ring is 1. The quantitative estimate of drug-likeness (QED) is 0.745. The molecule has 1 atom stereocenters. The summed E-state index contributed by atoms with van der Waals surface area (Å²) >= 11 is 0. The second kappa shape index (κ2) is 5.39. The Balaban J connectivity index is 2.27. The largest absolute Gasteiger partial charge is 0.367 e. The molecule has 2 rings (SSSR count). The summed E-state index contributed by atoms with van der Waals surface area (Å²) in [4.78, 5) is 28.3. The van der Waals surface area contributed by atoms with Gasteiger partial charge in [0.05, 0.1) is 6.04 Å². The van der Waals surface area contributed by atoms with Crippen molar-refractivity contribution in [2.75, 3.05) is 5.73 Å². The standard InChI is InChI=1S/C13H18N6O2/c1-6-5-9(12(21)19(4)8(6)3)11(20)15-7(2)10-16-13(14)18-17-10/h5,7H,1-4H3,(H,15,20)(H3,14,16,17,18). The van der Waals surface area contributed by atoms with Crippen molar-refractivity contribution < 1.29 is 4.79 Å². The highest BCUT2D eigenvalue weighted by Gasteiger charge is 2.18. The molecule has 0 bridgehead atoms. The minimum absolute atomic E-state index is 0.0972. The molecule has 4 N–H and O–H groups in total. The lowest BCUT2D eigenvalue weighted by Gasteiger charge is -2.13. The summed E-state index contributed by atoms with van der Waals surface area (Å²) in [5, 5.41) is 9.02. The maximum absolute atomic E-state index is 12.3. The van der Waals surface area contributed by atoms with Crippen molar-refractivity contribution in [1.82, 2.24) is 25.1 Å². The normalized spacial score (nSPS) is 12.2. The Hall–Kier alpha value is -2.64. The average molecular weight is 290 g/mol. The van der Waals surface area contributed by atoms with Gasteiger partial charge in [0.2, 0.25) is 5.95 Å². The van der Waals surface area contributed by atoms with E-state index in [1.807, 2.05) is 13.8 Å². The van der Waals surface area contributed by atoms with Crippen LogP contribution in [-0.2, 0) is 7.05 Å². The average Bonchev–Trinajstić information content (AvgIpc) is 2.87. The number of anilines is 1. The Morgan fingerprint density at radius 3 is 2.71 bits per heavy atom. The molecule has 8 heteroatoms. The number of rotatable bonds is 3. The summed E-state index contributed by atoms with van der Waals surface area (Å²) in [7, 11) is 1.64. The molecule has 112 valence electrons. The third kappa shape index (κ3) is 2.78. The van der Waals surface area contributed by atoms with Crippen molar-refractivity contribution in [1.29, 1.82) is 0 Å². The van der Waals surface area contributed by atoms with Gasteiger partial charge in [-0.05, 0) is 32.4 Å². The fourth-order valence-corrected chi connectivity index (χ4v) is 1.97. The van der Waals surface area contributed by atoms with Crippen LogP contribution in [-0.4, -0.2) is 25.7 Å². The van der Waals surface area contributed by atoms with Gasteiger partial charge in [-0.15, -0.1) is 5.10 Å². The molecule has 0 aliphatic rings. The molecule has 0 aliphatic carbocycles. The number of H-pyrrole nitrogens is 1. The molecule has 0 saturated carbocycles. The van der Waals surface area contributed by atoms with Gasteiger partial charge in [0.25, 0.3) is 11.5 Å². The second-order valence-corrected chi connectivity index (χ2v) is 4.96. The van der Waals surface area contributed by atoms with E-state index in [2.05, 4.69) is 20.5 Å². The van der Waals surface area contributed by atoms with E-state index >= 15 is 0 Å². The smallest absolute Gasteiger partial charge is 0.263 e. The van der Waals surface area contributed by atoms with E-state index in [1.54, 1.807) is 20.0 Å². The first kappa shape index (κ1) is 14.8. The Bertz CT molecular complexity index is 746. The molecule has 2 aromatic heterocycles. The molecule has 2 heterocycles. The van der Waals surface area contributed by atoms with Crippen LogP contribution in [0.4, 0.5) is 5.95 Å². The zero-order chi connectivity index (χ0) is 15.7. The molecule has 21 heavy (non-hydrogen) atoms. The predicted octanol–water partition coefficient (Wildman–Crippen LogP) is 0.193. The number of pyridine rings is 1. The molecule has 1 amide bonds. The third-order valence-electron chi connectivity index (χ3n) is 3.49. The lowest BCUT2D eigenvalue weighted by molar-refractivity contribution is 0.0936. The number of hydrogen-bond acceptors (Lipinski definition) is 5. The Labute approximate surface area is 121 Å². The summed E-state index contributed by atoms with van der Waals surface area (Å²) in [6.45, 7) is 5.41. The molecule has 0 aromatic carbocycles. The number of aryl methyl sites for hydroxylation is 1. The van der Waals surface area contributed by atoms with E-state index in [9.17, 15) is 9.59 Å². The van der Waals surface area contributed by atoms with Crippen molar-refractivity contribution in [3.8, 4) is 0 Å². The molecule has 0 fully saturated rings. The fraction of sp³-hybridized carbons (Fsp3) is 0.385. The van der Waals surface area contributed by atoms with E-state index < -0.39 is 11.9 Å². The first-order valence-corrected chi connectivity index (χ1v) is 6.47. The van der Waals surface area contributed by atoms with E-state index in [1.165, 1.54) is 4.57 Å². The lowest BCUT2D eigenvalue weighted by atomic mass is 10.1. The first-order valence-electron chi connectivity index (χ1n) is 6.47. The highest BCUT2D eigenvalue weighted by molar-refractivity contribution is 5.94. The maximum atomic E-state index is 12.3. The number of nitrogens with two attached hydrogens (primary N) is 1. The monoisotopic (exact) mass is 290 g/mol. The molecular weight excluding hydrogens is 272 g/mol. The van der Waals surface area contributed by atoms with Gasteiger partial charge in [-0.3, -0.25) is 14.7 Å². The van der Waals surface area contributed by atoms with Gasteiger partial charge >= 0.3 is 0 Å². The van der Waals surface area contributed by atoms with E-state index in [-0.39, 0.29) is 17.1 Å². The number of nitrogens with one attached hydrogen (secondary N) is 2. The molecule has 2 aromatic rings. The molecule has 0 radical (unpaired) electrons. The van der Waals surface area contributed by atoms with Crippen LogP contribution in [0.2, 0.25) is 0 Å². The summed E-state index contributed by atoms with van der Waals surface area (Å²) in [5.74, 6) is 0.0795. The fourth-order valence-electron chi connectivity index (χ4n) is 1.97. The Morgan fingerprint density at radius 1 is 1.48 bits per heavy atom. The van der Waals surface area contributed by atoms with Gasteiger partial charge in [-0.1, -0.05) is 0 Å². The molecule has 8 nitrogen and oxygen atoms in total. The second-order valence-electron chi connectivity index (χ2n) is 4.96. The van der Waals surface area contributed by atoms with Crippen LogP contribution < -0.4 is 16.6 Å². The molecule has 0 saturated heterocycles. The molecule has 1 unspecified atom stereocenters. The SMILES string of the molecule is Cc1cc(C(=O)NC(C)c2nc(N)n[nH]2)c(=O)n(C)c1C. The third-order valence-corrected chi connectivity index (χ3v) is 3.49. The minimum Gasteiger partial charge on any atom is -0.367 e. The highest BCUT2D eigenvalue weighted by Crippen LogP contribution is 2.09. The number of amides is 1. The highest BCUT2D eigenvalue weighted by atomic mass is 16.2. The number of aromatic nitrogens is 4. The van der Waals surface area contributed by atoms with Crippen LogP contribution in [0.3, 0.4) is 0 Å². The van der Waals surface area contributed by atoms with Crippen LogP contribution in [0.25, 0.3) is 0 Å². The molecule has 0 spiro atoms. The van der Waals surface area contributed by atoms with Gasteiger partial charge in [0.15, 0.2) is 0 Å². The van der Waals surface area contributed by atoms with E-state index in [0.29, 0.717) is 5.82 Å². The van der Waals surface area contributed by atoms with E-state index in [0.717, 1.165) is 11.3 Å². The van der Waals surface area contributed by atoms with Crippen molar-refractivity contribution in [2.24, 2.45) is 7.05 Å². The van der Waals surface area contributed by atoms with Gasteiger partial charge in [0.1, 0.15) is 11.4 Å². The van der Waals surface area contributed by atoms with Crippen LogP contribution >= 0.6 is 0 Å². The first-order chi connectivity index (χ1) is 9.81. The molecular formula is C13H18N6O2. The lowest BCUT2D eigenvalue weighted by Crippen LogP contribution is -2.35. The van der Waals surface area contributed by atoms with Gasteiger partial charge < -0.3 is 15.6 Å². The van der Waals surface area contributed by atoms with Gasteiger partial charge in [-0.25, -0.2) is 0 Å². The number of carbonyl (C=O) groups is 1. The maximum Gasteiger partial charge on any atom is 0.263 e. The van der Waals surface area contributed by atoms with Crippen molar-refractivity contribution in [3.63, 3.8) is 0 Å². The van der Waals surface area contributed by atoms with Gasteiger partial charge in [0, 0.05) is 12.7 Å². The van der Waals surface area contributed by atoms with Crippen LogP contribution in [0, 0.1) is 13.8 Å². The van der Waals surface area contributed by atoms with Crippen LogP contribution in [0.15, 0.2) is 10.9 Å². The summed E-state index contributed by atoms with van der Waals surface area (Å²) in [6, 6.07) is 1.16. The van der Waals surface area contributed by atoms with Gasteiger partial charge in [-0.2, -0.15) is 4.98 Å². The number of aromatic amines is 1. The Kier molecular flexibility index (Phi) is 3.79. The van der Waals surface area contributed by atoms with Crippen LogP contribution in [0.5, 0.6) is 0 Å². The summed E-state index contributed by atoms with van der Waals surface area (Å²) in [6.07, 6.45) is 0.